The van der Waals surface area contributed by atoms with E-state index < -0.39 is 0 Å². The van der Waals surface area contributed by atoms with Crippen molar-refractivity contribution in [3.63, 3.8) is 0 Å². The lowest BCUT2D eigenvalue weighted by Gasteiger charge is -2.36. The third-order valence-corrected chi connectivity index (χ3v) is 6.57. The molecule has 25 heavy (non-hydrogen) atoms. The second kappa shape index (κ2) is 6.14. The first-order valence-corrected chi connectivity index (χ1v) is 10.0. The van der Waals surface area contributed by atoms with Crippen molar-refractivity contribution in [3.05, 3.63) is 93.6 Å². The molecule has 0 aliphatic heterocycles. The van der Waals surface area contributed by atoms with E-state index in [0.29, 0.717) is 11.8 Å². The summed E-state index contributed by atoms with van der Waals surface area (Å²) >= 11 is 3.62. The normalized spacial score (nSPS) is 26.6. The van der Waals surface area contributed by atoms with E-state index in [2.05, 4.69) is 82.7 Å². The number of hydrogen-bond acceptors (Lipinski definition) is 0. The van der Waals surface area contributed by atoms with Crippen molar-refractivity contribution in [2.45, 2.75) is 31.6 Å². The average molecular weight is 389 g/mol. The maximum absolute atomic E-state index is 3.62. The van der Waals surface area contributed by atoms with E-state index in [1.54, 1.807) is 11.1 Å². The van der Waals surface area contributed by atoms with E-state index >= 15 is 0 Å². The molecular weight excluding hydrogens is 368 g/mol. The van der Waals surface area contributed by atoms with E-state index in [4.69, 9.17) is 0 Å². The van der Waals surface area contributed by atoms with Crippen LogP contribution in [0.4, 0.5) is 0 Å². The Balaban J connectivity index is 1.66. The monoisotopic (exact) mass is 388 g/mol. The molecule has 2 unspecified atom stereocenters. The minimum atomic E-state index is 0.480. The summed E-state index contributed by atoms with van der Waals surface area (Å²) < 4.78 is 1.30. The molecule has 5 rings (SSSR count). The summed E-state index contributed by atoms with van der Waals surface area (Å²) in [6.45, 7) is 0. The van der Waals surface area contributed by atoms with Crippen molar-refractivity contribution < 1.29 is 0 Å². The lowest BCUT2D eigenvalue weighted by Crippen LogP contribution is -2.21. The van der Waals surface area contributed by atoms with Gasteiger partial charge >= 0.3 is 0 Å². The van der Waals surface area contributed by atoms with Gasteiger partial charge in [-0.15, -0.1) is 0 Å². The van der Waals surface area contributed by atoms with Crippen LogP contribution >= 0.6 is 15.9 Å². The van der Waals surface area contributed by atoms with E-state index in [1.165, 1.54) is 39.6 Å². The predicted molar refractivity (Wildman–Crippen MR) is 110 cm³/mol. The number of hydrogen-bond donors (Lipinski definition) is 0. The fourth-order valence-corrected chi connectivity index (χ4v) is 4.98. The average Bonchev–Trinajstić information content (AvgIpc) is 2.68. The van der Waals surface area contributed by atoms with Crippen molar-refractivity contribution in [1.29, 1.82) is 0 Å². The van der Waals surface area contributed by atoms with Crippen LogP contribution in [0.25, 0.3) is 11.1 Å². The van der Waals surface area contributed by atoms with Crippen LogP contribution in [0.1, 0.15) is 48.3 Å². The van der Waals surface area contributed by atoms with Crippen LogP contribution in [0.3, 0.4) is 0 Å². The van der Waals surface area contributed by atoms with Crippen LogP contribution in [0.15, 0.2) is 76.9 Å². The summed E-state index contributed by atoms with van der Waals surface area (Å²) in [4.78, 5) is 0. The van der Waals surface area contributed by atoms with Gasteiger partial charge in [0, 0.05) is 11.8 Å². The molecule has 0 heterocycles. The summed E-state index contributed by atoms with van der Waals surface area (Å²) in [5, 5.41) is 0. The molecule has 0 N–H and O–H groups in total. The third-order valence-electron chi connectivity index (χ3n) is 5.91. The molecule has 4 aliphatic rings. The second-order valence-corrected chi connectivity index (χ2v) is 8.32. The highest BCUT2D eigenvalue weighted by Crippen LogP contribution is 2.49. The van der Waals surface area contributed by atoms with Gasteiger partial charge in [-0.1, -0.05) is 82.7 Å². The van der Waals surface area contributed by atoms with Gasteiger partial charge in [0.05, 0.1) is 0 Å². The molecule has 0 radical (unpaired) electrons. The standard InChI is InChI=1S/C24H21Br/c25-18-12-9-16(10-13-18)17-11-14-23-21-7-2-1-5-19(21)20-6-3-4-8-22(20)24(23)15-17/h1,3-6,8-9,11-12,14-15,20,22H,2,7,10,13H2. The van der Waals surface area contributed by atoms with Gasteiger partial charge in [-0.3, -0.25) is 0 Å². The molecular formula is C24H21Br. The van der Waals surface area contributed by atoms with E-state index in [0.717, 1.165) is 12.8 Å². The zero-order valence-electron chi connectivity index (χ0n) is 14.2. The molecule has 0 saturated carbocycles. The summed E-state index contributed by atoms with van der Waals surface area (Å²) in [6, 6.07) is 7.19. The zero-order valence-corrected chi connectivity index (χ0v) is 15.8. The van der Waals surface area contributed by atoms with Gasteiger partial charge in [-0.2, -0.15) is 0 Å². The van der Waals surface area contributed by atoms with Crippen LogP contribution in [-0.4, -0.2) is 0 Å². The number of halogens is 1. The van der Waals surface area contributed by atoms with E-state index in [1.807, 2.05) is 0 Å². The van der Waals surface area contributed by atoms with E-state index in [9.17, 15) is 0 Å². The SMILES string of the molecule is BrC1=CC=C(c2ccc3c(c2)C2C=CC=CC2C2=C3CCC=C2)CC1. The predicted octanol–water partition coefficient (Wildman–Crippen LogP) is 7.09. The van der Waals surface area contributed by atoms with Gasteiger partial charge in [-0.25, -0.2) is 0 Å². The summed E-state index contributed by atoms with van der Waals surface area (Å²) in [7, 11) is 0. The third kappa shape index (κ3) is 2.57. The molecule has 0 bridgehead atoms. The maximum Gasteiger partial charge on any atom is 0.0131 e. The molecule has 4 aliphatic carbocycles. The Morgan fingerprint density at radius 3 is 2.64 bits per heavy atom. The topological polar surface area (TPSA) is 0 Å². The van der Waals surface area contributed by atoms with Crippen molar-refractivity contribution in [2.24, 2.45) is 5.92 Å². The van der Waals surface area contributed by atoms with Gasteiger partial charge in [0.15, 0.2) is 0 Å². The van der Waals surface area contributed by atoms with Crippen LogP contribution in [0, 0.1) is 5.92 Å². The number of allylic oxidation sites excluding steroid dienone is 12. The molecule has 0 saturated heterocycles. The smallest absolute Gasteiger partial charge is 0.0131 e. The summed E-state index contributed by atoms with van der Waals surface area (Å²) in [5.41, 5.74) is 8.98. The second-order valence-electron chi connectivity index (χ2n) is 7.30. The molecule has 2 atom stereocenters. The Labute approximate surface area is 158 Å². The van der Waals surface area contributed by atoms with Gasteiger partial charge < -0.3 is 0 Å². The maximum atomic E-state index is 3.62. The minimum Gasteiger partial charge on any atom is -0.0839 e. The van der Waals surface area contributed by atoms with Crippen molar-refractivity contribution in [3.8, 4) is 0 Å². The van der Waals surface area contributed by atoms with Crippen LogP contribution in [0.5, 0.6) is 0 Å². The highest BCUT2D eigenvalue weighted by molar-refractivity contribution is 9.11. The Bertz CT molecular complexity index is 917. The number of fused-ring (bicyclic) bond motifs is 5. The minimum absolute atomic E-state index is 0.480. The highest BCUT2D eigenvalue weighted by atomic mass is 79.9. The first-order chi connectivity index (χ1) is 12.3. The Morgan fingerprint density at radius 2 is 1.80 bits per heavy atom. The number of rotatable bonds is 1. The lowest BCUT2D eigenvalue weighted by atomic mass is 9.67. The summed E-state index contributed by atoms with van der Waals surface area (Å²) in [6.07, 6.45) is 23.0. The Kier molecular flexibility index (Phi) is 3.78. The van der Waals surface area contributed by atoms with Gasteiger partial charge in [0.25, 0.3) is 0 Å². The summed E-state index contributed by atoms with van der Waals surface area (Å²) in [5.74, 6) is 0.988. The number of benzene rings is 1. The molecule has 0 fully saturated rings. The molecule has 1 aromatic carbocycles. The molecule has 0 nitrogen and oxygen atoms in total. The first-order valence-electron chi connectivity index (χ1n) is 9.26. The largest absolute Gasteiger partial charge is 0.0839 e. The zero-order chi connectivity index (χ0) is 16.8. The Hall–Kier alpha value is -1.86. The molecule has 124 valence electrons. The molecule has 1 heteroatoms. The van der Waals surface area contributed by atoms with Crippen molar-refractivity contribution >= 4 is 27.1 Å². The van der Waals surface area contributed by atoms with Gasteiger partial charge in [0.1, 0.15) is 0 Å². The molecule has 0 spiro atoms. The fourth-order valence-electron chi connectivity index (χ4n) is 4.65. The van der Waals surface area contributed by atoms with Gasteiger partial charge in [-0.05, 0) is 63.6 Å². The van der Waals surface area contributed by atoms with Crippen LogP contribution < -0.4 is 0 Å². The lowest BCUT2D eigenvalue weighted by molar-refractivity contribution is 0.655. The molecule has 1 aromatic rings. The van der Waals surface area contributed by atoms with Crippen molar-refractivity contribution in [1.82, 2.24) is 0 Å². The van der Waals surface area contributed by atoms with Crippen molar-refractivity contribution in [2.75, 3.05) is 0 Å². The van der Waals surface area contributed by atoms with E-state index in [-0.39, 0.29) is 0 Å². The highest BCUT2D eigenvalue weighted by Gasteiger charge is 2.33. The van der Waals surface area contributed by atoms with Gasteiger partial charge in [0.2, 0.25) is 0 Å². The van der Waals surface area contributed by atoms with Crippen LogP contribution in [0.2, 0.25) is 0 Å². The Morgan fingerprint density at radius 1 is 0.920 bits per heavy atom. The molecule has 0 aromatic heterocycles. The quantitative estimate of drug-likeness (QED) is 0.481. The molecule has 0 amide bonds. The fraction of sp³-hybridized carbons (Fsp3) is 0.250. The van der Waals surface area contributed by atoms with Crippen LogP contribution in [-0.2, 0) is 0 Å². The first kappa shape index (κ1) is 15.4.